The molecule has 2 heterocycles. The fourth-order valence-corrected chi connectivity index (χ4v) is 4.16. The Morgan fingerprint density at radius 2 is 1.76 bits per heavy atom. The Morgan fingerprint density at radius 1 is 1.05 bits per heavy atom. The molecular weight excluding hydrogens is 507 g/mol. The van der Waals surface area contributed by atoms with Crippen LogP contribution in [0.15, 0.2) is 58.3 Å². The van der Waals surface area contributed by atoms with Gasteiger partial charge in [0.1, 0.15) is 12.2 Å². The Balaban J connectivity index is 1.78. The van der Waals surface area contributed by atoms with Crippen molar-refractivity contribution in [2.45, 2.75) is 33.1 Å². The van der Waals surface area contributed by atoms with Gasteiger partial charge < -0.3 is 14.4 Å². The van der Waals surface area contributed by atoms with Crippen LogP contribution in [0.2, 0.25) is 0 Å². The Bertz CT molecular complexity index is 1490. The molecule has 0 saturated carbocycles. The van der Waals surface area contributed by atoms with Gasteiger partial charge in [0.25, 0.3) is 5.56 Å². The Hall–Kier alpha value is -4.35. The van der Waals surface area contributed by atoms with Gasteiger partial charge in [-0.1, -0.05) is 24.3 Å². The Labute approximate surface area is 214 Å². The smallest absolute Gasteiger partial charge is 0.416 e. The maximum Gasteiger partial charge on any atom is 0.416 e. The molecule has 0 spiro atoms. The zero-order chi connectivity index (χ0) is 27.6. The molecule has 1 amide bonds. The van der Waals surface area contributed by atoms with Crippen LogP contribution in [-0.4, -0.2) is 45.9 Å². The molecule has 1 saturated heterocycles. The molecule has 0 bridgehead atoms. The normalized spacial score (nSPS) is 13.5. The minimum Gasteiger partial charge on any atom is -0.462 e. The molecular formula is C26H24F3N3O6. The molecule has 2 aromatic carbocycles. The molecule has 0 unspecified atom stereocenters. The monoisotopic (exact) mass is 531 g/mol. The third kappa shape index (κ3) is 5.34. The molecule has 0 radical (unpaired) electrons. The second kappa shape index (κ2) is 10.6. The van der Waals surface area contributed by atoms with E-state index in [1.165, 1.54) is 24.0 Å². The summed E-state index contributed by atoms with van der Waals surface area (Å²) in [5.41, 5.74) is -2.16. The van der Waals surface area contributed by atoms with Gasteiger partial charge in [-0.25, -0.2) is 14.4 Å². The van der Waals surface area contributed by atoms with Crippen LogP contribution in [0.25, 0.3) is 5.69 Å². The summed E-state index contributed by atoms with van der Waals surface area (Å²) in [4.78, 5) is 52.3. The van der Waals surface area contributed by atoms with Crippen molar-refractivity contribution in [3.05, 3.63) is 97.3 Å². The van der Waals surface area contributed by atoms with Gasteiger partial charge in [-0.3, -0.25) is 13.9 Å². The molecule has 1 aromatic heterocycles. The standard InChI is InChI=1S/C26H24F3N3O6/c1-3-37-23(34)20-15-31(19-9-7-17(8-10-19)13-30-11-12-38-25(30)36)24(35)32(22(20)33)14-18-5-4-6-21(16(18)2)26(27,28)29/h4-10,15H,3,11-14H2,1-2H3. The zero-order valence-corrected chi connectivity index (χ0v) is 20.6. The van der Waals surface area contributed by atoms with Crippen molar-refractivity contribution in [3.63, 3.8) is 0 Å². The molecule has 0 atom stereocenters. The quantitative estimate of drug-likeness (QED) is 0.433. The third-order valence-corrected chi connectivity index (χ3v) is 6.18. The van der Waals surface area contributed by atoms with E-state index >= 15 is 0 Å². The summed E-state index contributed by atoms with van der Waals surface area (Å²) in [6.07, 6.45) is -3.99. The summed E-state index contributed by atoms with van der Waals surface area (Å²) in [6.45, 7) is 3.32. The number of carbonyl (C=O) groups is 2. The first-order valence-electron chi connectivity index (χ1n) is 11.7. The predicted molar refractivity (Wildman–Crippen MR) is 129 cm³/mol. The summed E-state index contributed by atoms with van der Waals surface area (Å²) in [7, 11) is 0. The lowest BCUT2D eigenvalue weighted by Gasteiger charge is -2.17. The van der Waals surface area contributed by atoms with Gasteiger partial charge in [0.15, 0.2) is 0 Å². The van der Waals surface area contributed by atoms with E-state index in [1.54, 1.807) is 31.2 Å². The molecule has 0 N–H and O–H groups in total. The second-order valence-electron chi connectivity index (χ2n) is 8.60. The summed E-state index contributed by atoms with van der Waals surface area (Å²) < 4.78 is 51.9. The molecule has 0 aliphatic carbocycles. The molecule has 1 aliphatic rings. The third-order valence-electron chi connectivity index (χ3n) is 6.18. The van der Waals surface area contributed by atoms with Crippen LogP contribution >= 0.6 is 0 Å². The van der Waals surface area contributed by atoms with Crippen LogP contribution in [0.5, 0.6) is 0 Å². The van der Waals surface area contributed by atoms with Crippen molar-refractivity contribution < 1.29 is 32.2 Å². The highest BCUT2D eigenvalue weighted by atomic mass is 19.4. The number of cyclic esters (lactones) is 1. The molecule has 1 aliphatic heterocycles. The number of aromatic nitrogens is 2. The highest BCUT2D eigenvalue weighted by molar-refractivity contribution is 5.88. The Morgan fingerprint density at radius 3 is 2.37 bits per heavy atom. The van der Waals surface area contributed by atoms with E-state index in [1.807, 2.05) is 0 Å². The fourth-order valence-electron chi connectivity index (χ4n) is 4.16. The van der Waals surface area contributed by atoms with Crippen LogP contribution in [0, 0.1) is 6.92 Å². The molecule has 3 aromatic rings. The van der Waals surface area contributed by atoms with E-state index in [0.29, 0.717) is 23.4 Å². The van der Waals surface area contributed by atoms with Crippen LogP contribution < -0.4 is 11.2 Å². The van der Waals surface area contributed by atoms with Crippen LogP contribution in [-0.2, 0) is 28.7 Å². The number of benzene rings is 2. The number of nitrogens with zero attached hydrogens (tertiary/aromatic N) is 3. The summed E-state index contributed by atoms with van der Waals surface area (Å²) >= 11 is 0. The number of rotatable bonds is 7. The number of alkyl halides is 3. The number of hydrogen-bond donors (Lipinski definition) is 0. The van der Waals surface area contributed by atoms with Gasteiger partial charge >= 0.3 is 23.9 Å². The van der Waals surface area contributed by atoms with E-state index in [0.717, 1.165) is 22.4 Å². The highest BCUT2D eigenvalue weighted by Gasteiger charge is 2.33. The number of halogens is 3. The minimum atomic E-state index is -4.62. The van der Waals surface area contributed by atoms with Gasteiger partial charge in [0.2, 0.25) is 0 Å². The first-order valence-corrected chi connectivity index (χ1v) is 11.7. The van der Waals surface area contributed by atoms with E-state index in [2.05, 4.69) is 0 Å². The van der Waals surface area contributed by atoms with Crippen molar-refractivity contribution in [2.75, 3.05) is 19.8 Å². The summed E-state index contributed by atoms with van der Waals surface area (Å²) in [6, 6.07) is 9.97. The maximum atomic E-state index is 13.4. The fraction of sp³-hybridized carbons (Fsp3) is 0.308. The van der Waals surface area contributed by atoms with Crippen molar-refractivity contribution in [2.24, 2.45) is 0 Å². The average Bonchev–Trinajstić information content (AvgIpc) is 3.27. The first-order chi connectivity index (χ1) is 18.0. The van der Waals surface area contributed by atoms with E-state index in [9.17, 15) is 32.3 Å². The molecule has 4 rings (SSSR count). The summed E-state index contributed by atoms with van der Waals surface area (Å²) in [5.74, 6) is -0.968. The number of amides is 1. The molecule has 9 nitrogen and oxygen atoms in total. The Kier molecular flexibility index (Phi) is 7.42. The van der Waals surface area contributed by atoms with Gasteiger partial charge in [-0.05, 0) is 48.7 Å². The van der Waals surface area contributed by atoms with Crippen LogP contribution in [0.3, 0.4) is 0 Å². The SMILES string of the molecule is CCOC(=O)c1cn(-c2ccc(CN3CCOC3=O)cc2)c(=O)n(Cc2cccc(C(F)(F)F)c2C)c1=O. The van der Waals surface area contributed by atoms with Gasteiger partial charge in [0.05, 0.1) is 30.9 Å². The minimum absolute atomic E-state index is 0.0300. The van der Waals surface area contributed by atoms with Crippen molar-refractivity contribution >= 4 is 12.1 Å². The number of ether oxygens (including phenoxy) is 2. The lowest BCUT2D eigenvalue weighted by atomic mass is 10.0. The highest BCUT2D eigenvalue weighted by Crippen LogP contribution is 2.33. The zero-order valence-electron chi connectivity index (χ0n) is 20.6. The van der Waals surface area contributed by atoms with E-state index in [-0.39, 0.29) is 24.3 Å². The topological polar surface area (TPSA) is 99.8 Å². The van der Waals surface area contributed by atoms with Crippen molar-refractivity contribution in [1.29, 1.82) is 0 Å². The molecule has 12 heteroatoms. The molecule has 38 heavy (non-hydrogen) atoms. The second-order valence-corrected chi connectivity index (χ2v) is 8.60. The first kappa shape index (κ1) is 26.7. The molecule has 1 fully saturated rings. The van der Waals surface area contributed by atoms with Crippen LogP contribution in [0.4, 0.5) is 18.0 Å². The predicted octanol–water partition coefficient (Wildman–Crippen LogP) is 3.50. The lowest BCUT2D eigenvalue weighted by Crippen LogP contribution is -2.42. The number of esters is 1. The van der Waals surface area contributed by atoms with Gasteiger partial charge in [-0.2, -0.15) is 13.2 Å². The van der Waals surface area contributed by atoms with E-state index < -0.39 is 47.2 Å². The van der Waals surface area contributed by atoms with Gasteiger partial charge in [0, 0.05) is 12.7 Å². The summed E-state index contributed by atoms with van der Waals surface area (Å²) in [5, 5.41) is 0. The van der Waals surface area contributed by atoms with Crippen molar-refractivity contribution in [1.82, 2.24) is 14.0 Å². The van der Waals surface area contributed by atoms with Crippen molar-refractivity contribution in [3.8, 4) is 5.69 Å². The average molecular weight is 531 g/mol. The van der Waals surface area contributed by atoms with E-state index in [4.69, 9.17) is 9.47 Å². The number of hydrogen-bond acceptors (Lipinski definition) is 6. The van der Waals surface area contributed by atoms with Gasteiger partial charge in [-0.15, -0.1) is 0 Å². The molecule has 200 valence electrons. The lowest BCUT2D eigenvalue weighted by molar-refractivity contribution is -0.138. The number of carbonyl (C=O) groups excluding carboxylic acids is 2. The van der Waals surface area contributed by atoms with Crippen LogP contribution in [0.1, 0.15) is 39.5 Å². The maximum absolute atomic E-state index is 13.4. The largest absolute Gasteiger partial charge is 0.462 e.